The van der Waals surface area contributed by atoms with Crippen LogP contribution in [-0.2, 0) is 9.53 Å². The van der Waals surface area contributed by atoms with Gasteiger partial charge in [-0.3, -0.25) is 14.7 Å². The summed E-state index contributed by atoms with van der Waals surface area (Å²) in [7, 11) is 0. The van der Waals surface area contributed by atoms with Gasteiger partial charge in [-0.25, -0.2) is 0 Å². The molecule has 3 aliphatic rings. The van der Waals surface area contributed by atoms with Gasteiger partial charge in [-0.2, -0.15) is 0 Å². The number of hydrogen-bond acceptors (Lipinski definition) is 5. The molecule has 1 aliphatic carbocycles. The minimum Gasteiger partial charge on any atom is -0.454 e. The van der Waals surface area contributed by atoms with Crippen molar-refractivity contribution in [1.29, 1.82) is 0 Å². The molecule has 2 aliphatic heterocycles. The van der Waals surface area contributed by atoms with Crippen LogP contribution in [0.15, 0.2) is 97.3 Å². The SMILES string of the molecule is CC1(C)CCC2(CC1)[C@@H](c1ccc(Cl)cc1N)[C@@H](c1cncc(Cl)c1)[C@@H]1C(=O)O[C@@H](c3ccccc3)[C@@H](c3ccccc3)N12. The Morgan fingerprint density at radius 2 is 1.45 bits per heavy atom. The Balaban J connectivity index is 1.52. The molecule has 0 radical (unpaired) electrons. The molecular formula is C37H37Cl2N3O2. The van der Waals surface area contributed by atoms with Gasteiger partial charge in [0.15, 0.2) is 0 Å². The Morgan fingerprint density at radius 3 is 2.09 bits per heavy atom. The van der Waals surface area contributed by atoms with E-state index < -0.39 is 17.7 Å². The number of nitrogens with two attached hydrogens (primary N) is 1. The van der Waals surface area contributed by atoms with Crippen LogP contribution < -0.4 is 5.73 Å². The first-order valence-corrected chi connectivity index (χ1v) is 16.2. The van der Waals surface area contributed by atoms with Crippen LogP contribution in [0.4, 0.5) is 5.69 Å². The molecule has 3 aromatic carbocycles. The first-order valence-electron chi connectivity index (χ1n) is 15.4. The molecule has 226 valence electrons. The molecule has 1 spiro atoms. The number of fused-ring (bicyclic) bond motifs is 2. The number of pyridine rings is 1. The minimum absolute atomic E-state index is 0.130. The fraction of sp³-hybridized carbons (Fsp3) is 0.351. The van der Waals surface area contributed by atoms with Crippen molar-refractivity contribution in [2.75, 3.05) is 5.73 Å². The fourth-order valence-corrected chi connectivity index (χ4v) is 8.71. The molecule has 2 N–H and O–H groups in total. The number of morpholine rings is 1. The molecule has 4 aromatic rings. The number of carbonyl (C=O) groups is 1. The second-order valence-corrected chi connectivity index (χ2v) is 14.3. The molecule has 3 heterocycles. The summed E-state index contributed by atoms with van der Waals surface area (Å²) in [6.45, 7) is 4.70. The molecule has 2 saturated heterocycles. The molecule has 7 rings (SSSR count). The van der Waals surface area contributed by atoms with Crippen molar-refractivity contribution in [3.63, 3.8) is 0 Å². The smallest absolute Gasteiger partial charge is 0.324 e. The van der Waals surface area contributed by atoms with Crippen LogP contribution in [0.2, 0.25) is 10.0 Å². The van der Waals surface area contributed by atoms with Crippen molar-refractivity contribution in [3.8, 4) is 0 Å². The van der Waals surface area contributed by atoms with E-state index in [9.17, 15) is 4.79 Å². The summed E-state index contributed by atoms with van der Waals surface area (Å²) < 4.78 is 6.56. The number of carbonyl (C=O) groups excluding carboxylic acids is 1. The Morgan fingerprint density at radius 1 is 0.795 bits per heavy atom. The van der Waals surface area contributed by atoms with E-state index in [0.29, 0.717) is 15.7 Å². The standard InChI is InChI=1S/C37H37Cl2N3O2/c1-36(2)15-17-37(18-16-36)31(28-14-13-26(38)20-29(28)40)30(25-19-27(39)22-41-21-25)33-35(43)44-34(24-11-7-4-8-12-24)32(42(33)37)23-9-5-3-6-10-23/h3-14,19-22,30-34H,15-18,40H2,1-2H3/t30-,31+,32-,33-,34+/m1/s1. The molecule has 7 heteroatoms. The Hall–Kier alpha value is -3.38. The van der Waals surface area contributed by atoms with E-state index in [1.165, 1.54) is 0 Å². The van der Waals surface area contributed by atoms with Crippen LogP contribution in [0.5, 0.6) is 0 Å². The highest BCUT2D eigenvalue weighted by atomic mass is 35.5. The van der Waals surface area contributed by atoms with Crippen LogP contribution in [0.25, 0.3) is 0 Å². The van der Waals surface area contributed by atoms with Crippen molar-refractivity contribution in [1.82, 2.24) is 9.88 Å². The molecule has 5 atom stereocenters. The zero-order valence-corrected chi connectivity index (χ0v) is 26.5. The van der Waals surface area contributed by atoms with E-state index in [1.807, 2.05) is 48.7 Å². The fourth-order valence-electron chi connectivity index (χ4n) is 8.35. The van der Waals surface area contributed by atoms with Gasteiger partial charge in [-0.05, 0) is 71.6 Å². The largest absolute Gasteiger partial charge is 0.454 e. The number of rotatable bonds is 4. The van der Waals surface area contributed by atoms with Gasteiger partial charge in [0.1, 0.15) is 12.1 Å². The maximum atomic E-state index is 14.6. The van der Waals surface area contributed by atoms with Crippen molar-refractivity contribution in [2.45, 2.75) is 75.1 Å². The number of aromatic nitrogens is 1. The lowest BCUT2D eigenvalue weighted by Crippen LogP contribution is -2.59. The number of esters is 1. The highest BCUT2D eigenvalue weighted by Crippen LogP contribution is 2.66. The van der Waals surface area contributed by atoms with E-state index in [2.05, 4.69) is 66.2 Å². The average molecular weight is 627 g/mol. The normalized spacial score (nSPS) is 27.5. The molecule has 44 heavy (non-hydrogen) atoms. The van der Waals surface area contributed by atoms with Crippen LogP contribution in [0.3, 0.4) is 0 Å². The van der Waals surface area contributed by atoms with Crippen LogP contribution in [0, 0.1) is 5.41 Å². The lowest BCUT2D eigenvalue weighted by atomic mass is 9.61. The van der Waals surface area contributed by atoms with Crippen molar-refractivity contribution < 1.29 is 9.53 Å². The summed E-state index contributed by atoms with van der Waals surface area (Å²) in [5, 5.41) is 1.13. The van der Waals surface area contributed by atoms with Crippen molar-refractivity contribution >= 4 is 34.9 Å². The zero-order valence-electron chi connectivity index (χ0n) is 25.0. The highest BCUT2D eigenvalue weighted by Gasteiger charge is 2.67. The number of benzene rings is 3. The van der Waals surface area contributed by atoms with Crippen LogP contribution >= 0.6 is 23.2 Å². The molecular weight excluding hydrogens is 589 g/mol. The predicted octanol–water partition coefficient (Wildman–Crippen LogP) is 8.90. The van der Waals surface area contributed by atoms with Gasteiger partial charge < -0.3 is 10.5 Å². The Bertz CT molecular complexity index is 1670. The molecule has 3 fully saturated rings. The van der Waals surface area contributed by atoms with E-state index in [1.54, 1.807) is 6.20 Å². The summed E-state index contributed by atoms with van der Waals surface area (Å²) in [4.78, 5) is 21.6. The average Bonchev–Trinajstić information content (AvgIpc) is 3.30. The van der Waals surface area contributed by atoms with Gasteiger partial charge in [0.2, 0.25) is 0 Å². The zero-order chi connectivity index (χ0) is 30.6. The summed E-state index contributed by atoms with van der Waals surface area (Å²) in [5.74, 6) is -0.647. The number of halogens is 2. The number of hydrogen-bond donors (Lipinski definition) is 1. The Kier molecular flexibility index (Phi) is 7.47. The number of cyclic esters (lactones) is 1. The first kappa shape index (κ1) is 29.3. The van der Waals surface area contributed by atoms with Gasteiger partial charge in [-0.15, -0.1) is 0 Å². The molecule has 1 aromatic heterocycles. The molecule has 0 unspecified atom stereocenters. The summed E-state index contributed by atoms with van der Waals surface area (Å²) in [6.07, 6.45) is 6.87. The lowest BCUT2D eigenvalue weighted by molar-refractivity contribution is -0.182. The minimum atomic E-state index is -0.568. The number of ether oxygens (including phenoxy) is 1. The van der Waals surface area contributed by atoms with Crippen LogP contribution in [-0.4, -0.2) is 27.4 Å². The number of nitrogen functional groups attached to an aromatic ring is 1. The van der Waals surface area contributed by atoms with Crippen molar-refractivity contribution in [2.24, 2.45) is 5.41 Å². The first-order chi connectivity index (χ1) is 21.2. The third kappa shape index (κ3) is 4.90. The Labute approximate surface area is 269 Å². The summed E-state index contributed by atoms with van der Waals surface area (Å²) in [5.41, 5.74) is 11.3. The predicted molar refractivity (Wildman–Crippen MR) is 176 cm³/mol. The van der Waals surface area contributed by atoms with Crippen LogP contribution in [0.1, 0.15) is 85.8 Å². The van der Waals surface area contributed by atoms with Gasteiger partial charge in [0, 0.05) is 40.5 Å². The van der Waals surface area contributed by atoms with E-state index in [-0.39, 0.29) is 29.3 Å². The lowest BCUT2D eigenvalue weighted by Gasteiger charge is -2.55. The van der Waals surface area contributed by atoms with E-state index in [4.69, 9.17) is 33.7 Å². The maximum Gasteiger partial charge on any atom is 0.324 e. The van der Waals surface area contributed by atoms with Gasteiger partial charge in [0.25, 0.3) is 0 Å². The highest BCUT2D eigenvalue weighted by molar-refractivity contribution is 6.31. The monoisotopic (exact) mass is 625 g/mol. The number of anilines is 1. The summed E-state index contributed by atoms with van der Waals surface area (Å²) in [6, 6.07) is 27.6. The van der Waals surface area contributed by atoms with Gasteiger partial charge in [-0.1, -0.05) is 104 Å². The quantitative estimate of drug-likeness (QED) is 0.181. The van der Waals surface area contributed by atoms with E-state index >= 15 is 0 Å². The van der Waals surface area contributed by atoms with Crippen molar-refractivity contribution in [3.05, 3.63) is 130 Å². The van der Waals surface area contributed by atoms with E-state index in [0.717, 1.165) is 47.9 Å². The topological polar surface area (TPSA) is 68.4 Å². The second kappa shape index (κ2) is 11.2. The second-order valence-electron chi connectivity index (χ2n) is 13.5. The third-order valence-electron chi connectivity index (χ3n) is 10.4. The maximum absolute atomic E-state index is 14.6. The number of nitrogens with zero attached hydrogens (tertiary/aromatic N) is 2. The molecule has 1 saturated carbocycles. The molecule has 0 amide bonds. The molecule has 5 nitrogen and oxygen atoms in total. The third-order valence-corrected chi connectivity index (χ3v) is 10.8. The van der Waals surface area contributed by atoms with Gasteiger partial charge >= 0.3 is 5.97 Å². The molecule has 0 bridgehead atoms. The summed E-state index contributed by atoms with van der Waals surface area (Å²) >= 11 is 13.0. The van der Waals surface area contributed by atoms with Gasteiger partial charge in [0.05, 0.1) is 11.1 Å².